The van der Waals surface area contributed by atoms with Gasteiger partial charge in [-0.15, -0.1) is 0 Å². The number of hydrogen-bond donors (Lipinski definition) is 1. The number of nitrogens with one attached hydrogen (secondary N) is 1. The van der Waals surface area contributed by atoms with Gasteiger partial charge < -0.3 is 10.1 Å². The van der Waals surface area contributed by atoms with Crippen LogP contribution >= 0.6 is 0 Å². The lowest BCUT2D eigenvalue weighted by atomic mass is 10.2. The van der Waals surface area contributed by atoms with Gasteiger partial charge in [-0.05, 0) is 62.1 Å². The lowest BCUT2D eigenvalue weighted by Crippen LogP contribution is -2.12. The molecular weight excluding hydrogens is 264 g/mol. The summed E-state index contributed by atoms with van der Waals surface area (Å²) in [6, 6.07) is 10.9. The zero-order valence-corrected chi connectivity index (χ0v) is 11.8. The fourth-order valence-corrected chi connectivity index (χ4v) is 2.52. The number of rotatable bonds is 4. The Morgan fingerprint density at radius 1 is 1.05 bits per heavy atom. The van der Waals surface area contributed by atoms with Gasteiger partial charge in [0, 0.05) is 23.6 Å². The van der Waals surface area contributed by atoms with Crippen LogP contribution in [-0.4, -0.2) is 17.0 Å². The van der Waals surface area contributed by atoms with Crippen LogP contribution in [0.15, 0.2) is 48.8 Å². The smallest absolute Gasteiger partial charge is 0.255 e. The molecule has 0 radical (unpaired) electrons. The first-order chi connectivity index (χ1) is 10.3. The molecule has 0 aliphatic heterocycles. The summed E-state index contributed by atoms with van der Waals surface area (Å²) in [5, 5.41) is 2.86. The Balaban J connectivity index is 1.60. The summed E-state index contributed by atoms with van der Waals surface area (Å²) >= 11 is 0. The number of nitrogens with zero attached hydrogens (tertiary/aromatic N) is 1. The van der Waals surface area contributed by atoms with E-state index in [1.165, 1.54) is 12.8 Å². The topological polar surface area (TPSA) is 51.2 Å². The van der Waals surface area contributed by atoms with E-state index in [4.69, 9.17) is 4.74 Å². The molecule has 1 N–H and O–H groups in total. The van der Waals surface area contributed by atoms with Crippen LogP contribution in [-0.2, 0) is 0 Å². The van der Waals surface area contributed by atoms with Crippen molar-refractivity contribution in [1.29, 1.82) is 0 Å². The van der Waals surface area contributed by atoms with E-state index in [-0.39, 0.29) is 5.91 Å². The molecule has 0 unspecified atom stereocenters. The minimum atomic E-state index is -0.137. The molecule has 0 spiro atoms. The summed E-state index contributed by atoms with van der Waals surface area (Å²) in [4.78, 5) is 15.9. The van der Waals surface area contributed by atoms with E-state index in [9.17, 15) is 4.79 Å². The van der Waals surface area contributed by atoms with Crippen molar-refractivity contribution in [2.45, 2.75) is 31.8 Å². The highest BCUT2D eigenvalue weighted by molar-refractivity contribution is 6.04. The van der Waals surface area contributed by atoms with Crippen molar-refractivity contribution in [2.24, 2.45) is 0 Å². The Morgan fingerprint density at radius 2 is 1.71 bits per heavy atom. The van der Waals surface area contributed by atoms with Crippen molar-refractivity contribution in [2.75, 3.05) is 5.32 Å². The summed E-state index contributed by atoms with van der Waals surface area (Å²) in [5.74, 6) is 0.727. The zero-order chi connectivity index (χ0) is 14.5. The quantitative estimate of drug-likeness (QED) is 0.931. The van der Waals surface area contributed by atoms with Crippen molar-refractivity contribution >= 4 is 11.6 Å². The van der Waals surface area contributed by atoms with E-state index < -0.39 is 0 Å². The first-order valence-corrected chi connectivity index (χ1v) is 7.29. The number of anilines is 1. The van der Waals surface area contributed by atoms with Crippen molar-refractivity contribution in [3.8, 4) is 5.75 Å². The Morgan fingerprint density at radius 3 is 2.38 bits per heavy atom. The average Bonchev–Trinajstić information content (AvgIpc) is 3.03. The lowest BCUT2D eigenvalue weighted by Gasteiger charge is -2.13. The molecule has 4 heteroatoms. The SMILES string of the molecule is O=C(Nc1ccc(OC2CCCC2)cc1)c1ccncc1. The van der Waals surface area contributed by atoms with E-state index in [2.05, 4.69) is 10.3 Å². The number of ether oxygens (including phenoxy) is 1. The summed E-state index contributed by atoms with van der Waals surface area (Å²) < 4.78 is 5.90. The maximum Gasteiger partial charge on any atom is 0.255 e. The molecule has 0 atom stereocenters. The van der Waals surface area contributed by atoms with Crippen molar-refractivity contribution in [3.63, 3.8) is 0 Å². The highest BCUT2D eigenvalue weighted by atomic mass is 16.5. The molecule has 1 saturated carbocycles. The predicted molar refractivity (Wildman–Crippen MR) is 81.5 cm³/mol. The third-order valence-electron chi connectivity index (χ3n) is 3.66. The number of amides is 1. The van der Waals surface area contributed by atoms with Gasteiger partial charge in [0.25, 0.3) is 5.91 Å². The van der Waals surface area contributed by atoms with Crippen molar-refractivity contribution < 1.29 is 9.53 Å². The second-order valence-corrected chi connectivity index (χ2v) is 5.24. The number of pyridine rings is 1. The third-order valence-corrected chi connectivity index (χ3v) is 3.66. The monoisotopic (exact) mass is 282 g/mol. The highest BCUT2D eigenvalue weighted by Gasteiger charge is 2.16. The molecule has 1 fully saturated rings. The van der Waals surface area contributed by atoms with Crippen LogP contribution < -0.4 is 10.1 Å². The van der Waals surface area contributed by atoms with Crippen molar-refractivity contribution in [3.05, 3.63) is 54.4 Å². The van der Waals surface area contributed by atoms with Gasteiger partial charge in [-0.25, -0.2) is 0 Å². The van der Waals surface area contributed by atoms with Crippen LogP contribution in [0.5, 0.6) is 5.75 Å². The molecule has 0 saturated heterocycles. The Hall–Kier alpha value is -2.36. The maximum atomic E-state index is 12.0. The van der Waals surface area contributed by atoms with Crippen LogP contribution in [0.1, 0.15) is 36.0 Å². The Bertz CT molecular complexity index is 590. The second-order valence-electron chi connectivity index (χ2n) is 5.24. The molecule has 3 rings (SSSR count). The lowest BCUT2D eigenvalue weighted by molar-refractivity contribution is 0.102. The number of carbonyl (C=O) groups is 1. The Labute approximate surface area is 124 Å². The van der Waals surface area contributed by atoms with Gasteiger partial charge in [0.15, 0.2) is 0 Å². The molecule has 1 aromatic heterocycles. The van der Waals surface area contributed by atoms with Crippen LogP contribution in [0.4, 0.5) is 5.69 Å². The molecule has 1 aliphatic carbocycles. The normalized spacial score (nSPS) is 14.9. The molecule has 1 amide bonds. The Kier molecular flexibility index (Phi) is 4.15. The van der Waals surface area contributed by atoms with Gasteiger partial charge in [0.05, 0.1) is 6.10 Å². The number of hydrogen-bond acceptors (Lipinski definition) is 3. The predicted octanol–water partition coefficient (Wildman–Crippen LogP) is 3.66. The summed E-state index contributed by atoms with van der Waals surface area (Å²) in [7, 11) is 0. The first kappa shape index (κ1) is 13.6. The van der Waals surface area contributed by atoms with E-state index in [1.54, 1.807) is 24.5 Å². The number of benzene rings is 1. The van der Waals surface area contributed by atoms with Crippen LogP contribution in [0.2, 0.25) is 0 Å². The number of aromatic nitrogens is 1. The molecule has 108 valence electrons. The minimum absolute atomic E-state index is 0.137. The summed E-state index contributed by atoms with van der Waals surface area (Å²) in [6.45, 7) is 0. The van der Waals surface area contributed by atoms with Crippen LogP contribution in [0.3, 0.4) is 0 Å². The average molecular weight is 282 g/mol. The molecular formula is C17H18N2O2. The number of carbonyl (C=O) groups excluding carboxylic acids is 1. The van der Waals surface area contributed by atoms with Crippen molar-refractivity contribution in [1.82, 2.24) is 4.98 Å². The molecule has 4 nitrogen and oxygen atoms in total. The van der Waals surface area contributed by atoms with Gasteiger partial charge in [0.1, 0.15) is 5.75 Å². The van der Waals surface area contributed by atoms with Gasteiger partial charge in [-0.1, -0.05) is 0 Å². The first-order valence-electron chi connectivity index (χ1n) is 7.29. The molecule has 2 aromatic rings. The second kappa shape index (κ2) is 6.39. The molecule has 1 heterocycles. The third kappa shape index (κ3) is 3.60. The molecule has 1 aliphatic rings. The highest BCUT2D eigenvalue weighted by Crippen LogP contribution is 2.25. The van der Waals surface area contributed by atoms with E-state index in [1.807, 2.05) is 24.3 Å². The van der Waals surface area contributed by atoms with Crippen LogP contribution in [0.25, 0.3) is 0 Å². The van der Waals surface area contributed by atoms with Gasteiger partial charge in [0.2, 0.25) is 0 Å². The van der Waals surface area contributed by atoms with Crippen LogP contribution in [0, 0.1) is 0 Å². The van der Waals surface area contributed by atoms with Gasteiger partial charge in [-0.3, -0.25) is 9.78 Å². The van der Waals surface area contributed by atoms with E-state index >= 15 is 0 Å². The van der Waals surface area contributed by atoms with Gasteiger partial charge >= 0.3 is 0 Å². The minimum Gasteiger partial charge on any atom is -0.490 e. The molecule has 0 bridgehead atoms. The molecule has 21 heavy (non-hydrogen) atoms. The van der Waals surface area contributed by atoms with E-state index in [0.717, 1.165) is 24.3 Å². The zero-order valence-electron chi connectivity index (χ0n) is 11.8. The maximum absolute atomic E-state index is 12.0. The fourth-order valence-electron chi connectivity index (χ4n) is 2.52. The summed E-state index contributed by atoms with van der Waals surface area (Å²) in [6.07, 6.45) is 8.35. The van der Waals surface area contributed by atoms with E-state index in [0.29, 0.717) is 11.7 Å². The largest absolute Gasteiger partial charge is 0.490 e. The standard InChI is InChI=1S/C17H18N2O2/c20-17(13-9-11-18-12-10-13)19-14-5-7-16(8-6-14)21-15-3-1-2-4-15/h5-12,15H,1-4H2,(H,19,20). The fraction of sp³-hybridized carbons (Fsp3) is 0.294. The van der Waals surface area contributed by atoms with Gasteiger partial charge in [-0.2, -0.15) is 0 Å². The molecule has 1 aromatic carbocycles. The summed E-state index contributed by atoms with van der Waals surface area (Å²) in [5.41, 5.74) is 1.35.